The summed E-state index contributed by atoms with van der Waals surface area (Å²) in [5, 5.41) is 3.69. The van der Waals surface area contributed by atoms with Crippen molar-refractivity contribution in [3.05, 3.63) is 101 Å². The molecule has 1 N–H and O–H groups in total. The van der Waals surface area contributed by atoms with Crippen LogP contribution in [0.4, 0.5) is 0 Å². The number of amides is 1. The molecule has 4 aromatic rings. The van der Waals surface area contributed by atoms with Gasteiger partial charge in [0.25, 0.3) is 0 Å². The second-order valence-electron chi connectivity index (χ2n) is 6.63. The summed E-state index contributed by atoms with van der Waals surface area (Å²) in [7, 11) is 0. The van der Waals surface area contributed by atoms with Gasteiger partial charge < -0.3 is 9.88 Å². The lowest BCUT2D eigenvalue weighted by atomic mass is 10.1. The van der Waals surface area contributed by atoms with Crippen molar-refractivity contribution in [2.75, 3.05) is 0 Å². The Kier molecular flexibility index (Phi) is 5.40. The molecule has 1 heterocycles. The maximum atomic E-state index is 12.6. The van der Waals surface area contributed by atoms with Crippen LogP contribution in [0.5, 0.6) is 0 Å². The number of nitrogens with zero attached hydrogens (tertiary/aromatic N) is 2. The molecule has 0 aliphatic heterocycles. The van der Waals surface area contributed by atoms with Gasteiger partial charge in [-0.3, -0.25) is 4.79 Å². The van der Waals surface area contributed by atoms with Crippen molar-refractivity contribution >= 4 is 28.5 Å². The van der Waals surface area contributed by atoms with Crippen LogP contribution < -0.4 is 5.32 Å². The SMILES string of the molecule is O=C(Cn1c(Cc2ccccc2Cl)nc2ccccc21)NCc1ccccc1. The normalized spacial score (nSPS) is 10.9. The van der Waals surface area contributed by atoms with E-state index in [4.69, 9.17) is 16.6 Å². The monoisotopic (exact) mass is 389 g/mol. The molecule has 4 rings (SSSR count). The molecule has 140 valence electrons. The summed E-state index contributed by atoms with van der Waals surface area (Å²) in [4.78, 5) is 17.4. The zero-order chi connectivity index (χ0) is 19.3. The van der Waals surface area contributed by atoms with Crippen molar-refractivity contribution in [1.29, 1.82) is 0 Å². The number of carbonyl (C=O) groups is 1. The number of hydrogen-bond donors (Lipinski definition) is 1. The average Bonchev–Trinajstić information content (AvgIpc) is 3.06. The van der Waals surface area contributed by atoms with Gasteiger partial charge in [0.15, 0.2) is 0 Å². The van der Waals surface area contributed by atoms with Crippen LogP contribution in [0.25, 0.3) is 11.0 Å². The second-order valence-corrected chi connectivity index (χ2v) is 7.04. The summed E-state index contributed by atoms with van der Waals surface area (Å²) in [6.45, 7) is 0.722. The largest absolute Gasteiger partial charge is 0.350 e. The van der Waals surface area contributed by atoms with Crippen molar-refractivity contribution in [1.82, 2.24) is 14.9 Å². The Morgan fingerprint density at radius 3 is 2.46 bits per heavy atom. The highest BCUT2D eigenvalue weighted by atomic mass is 35.5. The predicted octanol–water partition coefficient (Wildman–Crippen LogP) is 4.60. The Morgan fingerprint density at radius 2 is 1.64 bits per heavy atom. The highest BCUT2D eigenvalue weighted by Crippen LogP contribution is 2.22. The number of fused-ring (bicyclic) bond motifs is 1. The van der Waals surface area contributed by atoms with Crippen LogP contribution in [-0.4, -0.2) is 15.5 Å². The van der Waals surface area contributed by atoms with E-state index in [1.165, 1.54) is 0 Å². The minimum Gasteiger partial charge on any atom is -0.350 e. The molecule has 0 fully saturated rings. The van der Waals surface area contributed by atoms with Crippen LogP contribution in [0.15, 0.2) is 78.9 Å². The fraction of sp³-hybridized carbons (Fsp3) is 0.130. The Morgan fingerprint density at radius 1 is 0.929 bits per heavy atom. The predicted molar refractivity (Wildman–Crippen MR) is 112 cm³/mol. The fourth-order valence-electron chi connectivity index (χ4n) is 3.24. The molecule has 3 aromatic carbocycles. The number of halogens is 1. The first-order valence-corrected chi connectivity index (χ1v) is 9.56. The van der Waals surface area contributed by atoms with Crippen LogP contribution in [0.2, 0.25) is 5.02 Å². The molecule has 4 nitrogen and oxygen atoms in total. The quantitative estimate of drug-likeness (QED) is 0.524. The molecule has 0 unspecified atom stereocenters. The fourth-order valence-corrected chi connectivity index (χ4v) is 3.45. The smallest absolute Gasteiger partial charge is 0.240 e. The van der Waals surface area contributed by atoms with Crippen LogP contribution in [-0.2, 0) is 24.3 Å². The average molecular weight is 390 g/mol. The van der Waals surface area contributed by atoms with Gasteiger partial charge >= 0.3 is 0 Å². The summed E-state index contributed by atoms with van der Waals surface area (Å²) in [5.74, 6) is 0.775. The van der Waals surface area contributed by atoms with E-state index in [1.54, 1.807) is 0 Å². The van der Waals surface area contributed by atoms with Crippen LogP contribution in [0.1, 0.15) is 17.0 Å². The minimum atomic E-state index is -0.0487. The lowest BCUT2D eigenvalue weighted by Crippen LogP contribution is -2.27. The first-order chi connectivity index (χ1) is 13.7. The van der Waals surface area contributed by atoms with E-state index in [0.717, 1.165) is 28.0 Å². The molecular formula is C23H20ClN3O. The molecule has 0 saturated heterocycles. The van der Waals surface area contributed by atoms with Gasteiger partial charge in [-0.2, -0.15) is 0 Å². The lowest BCUT2D eigenvalue weighted by molar-refractivity contribution is -0.121. The number of imidazole rings is 1. The number of nitrogens with one attached hydrogen (secondary N) is 1. The Hall–Kier alpha value is -3.11. The number of aromatic nitrogens is 2. The molecule has 0 radical (unpaired) electrons. The van der Waals surface area contributed by atoms with Gasteiger partial charge in [-0.15, -0.1) is 0 Å². The molecule has 28 heavy (non-hydrogen) atoms. The molecule has 0 aliphatic carbocycles. The molecule has 1 amide bonds. The molecule has 0 spiro atoms. The Labute approximate surface area is 168 Å². The number of rotatable bonds is 6. The van der Waals surface area contributed by atoms with Crippen molar-refractivity contribution in [3.8, 4) is 0 Å². The lowest BCUT2D eigenvalue weighted by Gasteiger charge is -2.11. The third kappa shape index (κ3) is 4.07. The highest BCUT2D eigenvalue weighted by molar-refractivity contribution is 6.31. The molecule has 0 bridgehead atoms. The topological polar surface area (TPSA) is 46.9 Å². The van der Waals surface area contributed by atoms with Crippen molar-refractivity contribution in [2.24, 2.45) is 0 Å². The summed E-state index contributed by atoms with van der Waals surface area (Å²) in [6, 6.07) is 25.5. The van der Waals surface area contributed by atoms with E-state index >= 15 is 0 Å². The maximum absolute atomic E-state index is 12.6. The standard InChI is InChI=1S/C23H20ClN3O/c24-19-11-5-4-10-18(19)14-22-26-20-12-6-7-13-21(20)27(22)16-23(28)25-15-17-8-2-1-3-9-17/h1-13H,14-16H2,(H,25,28). The summed E-state index contributed by atoms with van der Waals surface area (Å²) < 4.78 is 1.97. The third-order valence-corrected chi connectivity index (χ3v) is 5.04. The van der Waals surface area contributed by atoms with E-state index in [1.807, 2.05) is 83.4 Å². The molecule has 1 aromatic heterocycles. The van der Waals surface area contributed by atoms with E-state index in [0.29, 0.717) is 18.0 Å². The van der Waals surface area contributed by atoms with Crippen molar-refractivity contribution < 1.29 is 4.79 Å². The zero-order valence-electron chi connectivity index (χ0n) is 15.3. The van der Waals surface area contributed by atoms with E-state index in [9.17, 15) is 4.79 Å². The van der Waals surface area contributed by atoms with Gasteiger partial charge in [-0.25, -0.2) is 4.98 Å². The molecule has 0 aliphatic rings. The van der Waals surface area contributed by atoms with Gasteiger partial charge in [0, 0.05) is 18.0 Å². The summed E-state index contributed by atoms with van der Waals surface area (Å²) in [6.07, 6.45) is 0.570. The summed E-state index contributed by atoms with van der Waals surface area (Å²) >= 11 is 6.33. The van der Waals surface area contributed by atoms with Gasteiger partial charge in [-0.05, 0) is 29.3 Å². The summed E-state index contributed by atoms with van der Waals surface area (Å²) in [5.41, 5.74) is 3.88. The number of hydrogen-bond acceptors (Lipinski definition) is 2. The van der Waals surface area contributed by atoms with Gasteiger partial charge in [0.05, 0.1) is 11.0 Å². The maximum Gasteiger partial charge on any atom is 0.240 e. The van der Waals surface area contributed by atoms with Crippen molar-refractivity contribution in [2.45, 2.75) is 19.5 Å². The Bertz CT molecular complexity index is 1110. The first-order valence-electron chi connectivity index (χ1n) is 9.19. The number of carbonyl (C=O) groups excluding carboxylic acids is 1. The minimum absolute atomic E-state index is 0.0487. The molecule has 5 heteroatoms. The molecule has 0 saturated carbocycles. The Balaban J connectivity index is 1.58. The first kappa shape index (κ1) is 18.3. The van der Waals surface area contributed by atoms with E-state index in [2.05, 4.69) is 5.32 Å². The van der Waals surface area contributed by atoms with Gasteiger partial charge in [0.1, 0.15) is 12.4 Å². The second kappa shape index (κ2) is 8.28. The van der Waals surface area contributed by atoms with Crippen molar-refractivity contribution in [3.63, 3.8) is 0 Å². The molecule has 0 atom stereocenters. The highest BCUT2D eigenvalue weighted by Gasteiger charge is 2.15. The number of benzene rings is 3. The van der Waals surface area contributed by atoms with Crippen LogP contribution in [0, 0.1) is 0 Å². The number of para-hydroxylation sites is 2. The van der Waals surface area contributed by atoms with E-state index < -0.39 is 0 Å². The van der Waals surface area contributed by atoms with Crippen LogP contribution >= 0.6 is 11.6 Å². The third-order valence-electron chi connectivity index (χ3n) is 4.67. The van der Waals surface area contributed by atoms with E-state index in [-0.39, 0.29) is 12.5 Å². The van der Waals surface area contributed by atoms with Gasteiger partial charge in [0.2, 0.25) is 5.91 Å². The van der Waals surface area contributed by atoms with Gasteiger partial charge in [-0.1, -0.05) is 72.3 Å². The zero-order valence-corrected chi connectivity index (χ0v) is 16.1. The molecular weight excluding hydrogens is 370 g/mol. The van der Waals surface area contributed by atoms with Crippen LogP contribution in [0.3, 0.4) is 0 Å².